The maximum atomic E-state index is 13.9. The fraction of sp³-hybridized carbons (Fsp3) is 0.682. The highest BCUT2D eigenvalue weighted by Crippen LogP contribution is 2.61. The molecule has 5 atom stereocenters. The van der Waals surface area contributed by atoms with E-state index in [0.717, 1.165) is 0 Å². The number of hydrogen-bond acceptors (Lipinski definition) is 5. The summed E-state index contributed by atoms with van der Waals surface area (Å²) in [7, 11) is 1.76. The minimum Gasteiger partial charge on any atom is -0.396 e. The fourth-order valence-corrected chi connectivity index (χ4v) is 7.35. The lowest BCUT2D eigenvalue weighted by atomic mass is 9.78. The molecule has 4 rings (SSSR count). The summed E-state index contributed by atoms with van der Waals surface area (Å²) in [5.74, 6) is -1.30. The number of carbonyl (C=O) groups is 3. The molecule has 4 aliphatic heterocycles. The van der Waals surface area contributed by atoms with Gasteiger partial charge in [0.05, 0.1) is 16.6 Å². The molecule has 7 nitrogen and oxygen atoms in total. The van der Waals surface area contributed by atoms with E-state index in [-0.39, 0.29) is 35.1 Å². The smallest absolute Gasteiger partial charge is 0.247 e. The molecule has 164 valence electrons. The summed E-state index contributed by atoms with van der Waals surface area (Å²) in [5.41, 5.74) is -0.389. The predicted molar refractivity (Wildman–Crippen MR) is 116 cm³/mol. The first-order chi connectivity index (χ1) is 14.1. The molecule has 0 bridgehead atoms. The van der Waals surface area contributed by atoms with Gasteiger partial charge in [-0.05, 0) is 27.2 Å². The average molecular weight is 434 g/mol. The number of thioether (sulfide) groups is 1. The minimum absolute atomic E-state index is 0.0340. The van der Waals surface area contributed by atoms with Crippen LogP contribution >= 0.6 is 11.8 Å². The van der Waals surface area contributed by atoms with Crippen LogP contribution < -0.4 is 0 Å². The molecule has 2 fully saturated rings. The van der Waals surface area contributed by atoms with E-state index in [1.54, 1.807) is 28.6 Å². The van der Waals surface area contributed by atoms with Crippen molar-refractivity contribution in [3.63, 3.8) is 0 Å². The highest BCUT2D eigenvalue weighted by Gasteiger charge is 2.71. The molecule has 2 saturated heterocycles. The summed E-state index contributed by atoms with van der Waals surface area (Å²) in [5, 5.41) is 9.26. The summed E-state index contributed by atoms with van der Waals surface area (Å²) < 4.78 is -0.767. The van der Waals surface area contributed by atoms with Crippen LogP contribution in [0.25, 0.3) is 0 Å². The minimum atomic E-state index is -0.767. The Balaban J connectivity index is 1.84. The molecule has 0 aromatic heterocycles. The number of likely N-dealkylation sites (tertiary alicyclic amines) is 1. The number of likely N-dealkylation sites (N-methyl/N-ethyl adjacent to an activating group) is 1. The van der Waals surface area contributed by atoms with Gasteiger partial charge in [-0.15, -0.1) is 11.8 Å². The molecule has 4 heterocycles. The van der Waals surface area contributed by atoms with E-state index in [1.165, 1.54) is 0 Å². The average Bonchev–Trinajstić information content (AvgIpc) is 2.98. The SMILES string of the molecule is CN1CC=C[C@H]2S[C@]34C=CCN(C(C)(C)C)C(=O)C3N(CCCO)C(=O)[C@@H]4[C@H]2C1=O. The second-order valence-electron chi connectivity index (χ2n) is 9.62. The molecule has 1 unspecified atom stereocenters. The highest BCUT2D eigenvalue weighted by atomic mass is 32.2. The quantitative estimate of drug-likeness (QED) is 0.669. The van der Waals surface area contributed by atoms with Gasteiger partial charge in [-0.2, -0.15) is 0 Å². The summed E-state index contributed by atoms with van der Waals surface area (Å²) >= 11 is 1.59. The van der Waals surface area contributed by atoms with Crippen molar-refractivity contribution in [1.29, 1.82) is 0 Å². The molecule has 0 aromatic rings. The van der Waals surface area contributed by atoms with Gasteiger partial charge in [0.15, 0.2) is 0 Å². The second kappa shape index (κ2) is 7.41. The maximum absolute atomic E-state index is 13.9. The molecule has 0 aromatic carbocycles. The molecule has 4 aliphatic rings. The van der Waals surface area contributed by atoms with Crippen LogP contribution in [0.3, 0.4) is 0 Å². The number of amides is 3. The van der Waals surface area contributed by atoms with Gasteiger partial charge >= 0.3 is 0 Å². The zero-order valence-electron chi connectivity index (χ0n) is 18.1. The van der Waals surface area contributed by atoms with Gasteiger partial charge in [-0.3, -0.25) is 14.4 Å². The van der Waals surface area contributed by atoms with Crippen molar-refractivity contribution >= 4 is 29.5 Å². The van der Waals surface area contributed by atoms with Crippen molar-refractivity contribution in [2.45, 2.75) is 48.8 Å². The zero-order valence-corrected chi connectivity index (χ0v) is 18.9. The molecular weight excluding hydrogens is 402 g/mol. The molecule has 0 radical (unpaired) electrons. The molecule has 0 saturated carbocycles. The number of fused-ring (bicyclic) bond motifs is 2. The van der Waals surface area contributed by atoms with Crippen LogP contribution in [0, 0.1) is 11.8 Å². The van der Waals surface area contributed by atoms with Crippen molar-refractivity contribution < 1.29 is 19.5 Å². The second-order valence-corrected chi connectivity index (χ2v) is 11.1. The van der Waals surface area contributed by atoms with E-state index in [9.17, 15) is 19.5 Å². The van der Waals surface area contributed by atoms with Crippen LogP contribution in [0.1, 0.15) is 27.2 Å². The Hall–Kier alpha value is -1.80. The lowest BCUT2D eigenvalue weighted by molar-refractivity contribution is -0.146. The lowest BCUT2D eigenvalue weighted by Crippen LogP contribution is -2.57. The van der Waals surface area contributed by atoms with Crippen molar-refractivity contribution in [2.24, 2.45) is 11.8 Å². The molecule has 3 amide bonds. The summed E-state index contributed by atoms with van der Waals surface area (Å²) in [6.07, 6.45) is 8.46. The Morgan fingerprint density at radius 3 is 2.53 bits per heavy atom. The monoisotopic (exact) mass is 433 g/mol. The number of aliphatic hydroxyl groups excluding tert-OH is 1. The van der Waals surface area contributed by atoms with Crippen LogP contribution in [0.5, 0.6) is 0 Å². The van der Waals surface area contributed by atoms with Crippen LogP contribution in [0.15, 0.2) is 24.3 Å². The van der Waals surface area contributed by atoms with Crippen molar-refractivity contribution in [1.82, 2.24) is 14.7 Å². The van der Waals surface area contributed by atoms with Gasteiger partial charge in [-0.1, -0.05) is 24.3 Å². The van der Waals surface area contributed by atoms with Gasteiger partial charge in [0, 0.05) is 44.1 Å². The third-order valence-electron chi connectivity index (χ3n) is 6.73. The molecular formula is C22H31N3O4S. The highest BCUT2D eigenvalue weighted by molar-refractivity contribution is 8.02. The molecule has 1 spiro atoms. The van der Waals surface area contributed by atoms with E-state index in [2.05, 4.69) is 0 Å². The van der Waals surface area contributed by atoms with E-state index < -0.39 is 22.6 Å². The number of carbonyl (C=O) groups excluding carboxylic acids is 3. The summed E-state index contributed by atoms with van der Waals surface area (Å²) in [6, 6.07) is -0.664. The molecule has 8 heteroatoms. The van der Waals surface area contributed by atoms with E-state index in [4.69, 9.17) is 0 Å². The topological polar surface area (TPSA) is 81.2 Å². The van der Waals surface area contributed by atoms with Gasteiger partial charge in [0.1, 0.15) is 6.04 Å². The largest absolute Gasteiger partial charge is 0.396 e. The first-order valence-electron chi connectivity index (χ1n) is 10.6. The van der Waals surface area contributed by atoms with Crippen LogP contribution in [0.2, 0.25) is 0 Å². The van der Waals surface area contributed by atoms with Gasteiger partial charge in [0.25, 0.3) is 0 Å². The summed E-state index contributed by atoms with van der Waals surface area (Å²) in [6.45, 7) is 7.26. The molecule has 1 N–H and O–H groups in total. The Labute approximate surface area is 182 Å². The first-order valence-corrected chi connectivity index (χ1v) is 11.5. The number of hydrogen-bond donors (Lipinski definition) is 1. The zero-order chi connectivity index (χ0) is 21.8. The van der Waals surface area contributed by atoms with E-state index >= 15 is 0 Å². The molecule has 0 aliphatic carbocycles. The van der Waals surface area contributed by atoms with Crippen molar-refractivity contribution in [2.75, 3.05) is 33.3 Å². The number of rotatable bonds is 3. The maximum Gasteiger partial charge on any atom is 0.247 e. The standard InChI is InChI=1S/C22H31N3O4S/c1-21(2,3)25-12-6-9-22-16(15-14(30-22)8-5-10-23(4)18(15)27)19(28)24(11-7-13-26)17(22)20(25)29/h5-6,8-9,14-17,26H,7,10-13H2,1-4H3/t14-,15+,16+,17?,22+/m1/s1. The summed E-state index contributed by atoms with van der Waals surface area (Å²) in [4.78, 5) is 45.9. The normalized spacial score (nSPS) is 36.0. The van der Waals surface area contributed by atoms with Gasteiger partial charge < -0.3 is 19.8 Å². The van der Waals surface area contributed by atoms with E-state index in [0.29, 0.717) is 26.1 Å². The first kappa shape index (κ1) is 21.4. The van der Waals surface area contributed by atoms with Crippen LogP contribution in [-0.2, 0) is 14.4 Å². The van der Waals surface area contributed by atoms with Crippen LogP contribution in [-0.4, -0.2) is 92.4 Å². The Kier molecular flexibility index (Phi) is 5.29. The van der Waals surface area contributed by atoms with E-state index in [1.807, 2.05) is 50.0 Å². The van der Waals surface area contributed by atoms with Crippen molar-refractivity contribution in [3.05, 3.63) is 24.3 Å². The number of aliphatic hydroxyl groups is 1. The molecule has 30 heavy (non-hydrogen) atoms. The van der Waals surface area contributed by atoms with Gasteiger partial charge in [0.2, 0.25) is 17.7 Å². The Morgan fingerprint density at radius 2 is 1.87 bits per heavy atom. The third-order valence-corrected chi connectivity index (χ3v) is 8.47. The van der Waals surface area contributed by atoms with Crippen LogP contribution in [0.4, 0.5) is 0 Å². The fourth-order valence-electron chi connectivity index (χ4n) is 5.35. The third kappa shape index (κ3) is 3.02. The lowest BCUT2D eigenvalue weighted by Gasteiger charge is -2.40. The Bertz CT molecular complexity index is 820. The predicted octanol–water partition coefficient (Wildman–Crippen LogP) is 0.891. The number of nitrogens with zero attached hydrogens (tertiary/aromatic N) is 3. The van der Waals surface area contributed by atoms with Gasteiger partial charge in [-0.25, -0.2) is 0 Å². The Morgan fingerprint density at radius 1 is 1.13 bits per heavy atom. The van der Waals surface area contributed by atoms with Crippen molar-refractivity contribution in [3.8, 4) is 0 Å².